The second-order valence-electron chi connectivity index (χ2n) is 27.5. The molecule has 15 aromatic carbocycles. The molecule has 0 spiro atoms. The molecule has 0 saturated carbocycles. The van der Waals surface area contributed by atoms with Gasteiger partial charge in [-0.05, 0) is 73.5 Å². The first kappa shape index (κ1) is 81.3. The van der Waals surface area contributed by atoms with Gasteiger partial charge in [-0.2, -0.15) is 0 Å². The van der Waals surface area contributed by atoms with Crippen molar-refractivity contribution in [2.75, 3.05) is 0 Å². The molecule has 0 bridgehead atoms. The van der Waals surface area contributed by atoms with Gasteiger partial charge in [0.1, 0.15) is 0 Å². The van der Waals surface area contributed by atoms with Crippen LogP contribution in [0.3, 0.4) is 0 Å². The first-order valence-corrected chi connectivity index (χ1v) is 37.5. The predicted molar refractivity (Wildman–Crippen MR) is 466 cm³/mol. The standard InChI is InChI=1S/3C18H11N2.C18H16N.C17H14N.C15H10N.3Ir/c2*1-2-7-14(8-3-1)18-19-12-15-11-10-13-6-4-5-9-16(13)17(15)20-18;1-2-7-14(8-3-1)18-19-12-16-15-9-5-4-6-13(15)10-11-17(16)20-18;1-13(2)15-10-11-19-18(12-15)17-9-5-7-14-6-3-4-8-16(14)17;1-12-7-13(2)9-16(8-12)17-10-14-5-3-4-6-15(14)11-18-17;1-2-6-13-11-14(9-8-12(13)5-1)15-7-3-4-10-16-15;;;/h3*1-7,9-12H;3-8,10-13H,1-2H3;3-8,10-11H,1-2H3;1-8,10-11H;;;/q6*-1;;;. The molecule has 9 nitrogen and oxygen atoms in total. The Morgan fingerprint density at radius 1 is 0.276 bits per heavy atom. The summed E-state index contributed by atoms with van der Waals surface area (Å²) in [6.45, 7) is 8.57. The average Bonchev–Trinajstić information content (AvgIpc) is 0.792. The van der Waals surface area contributed by atoms with Crippen LogP contribution in [0.25, 0.3) is 165 Å². The van der Waals surface area contributed by atoms with Gasteiger partial charge in [0, 0.05) is 124 Å². The Balaban J connectivity index is 0.000000121. The Kier molecular flexibility index (Phi) is 27.2. The summed E-state index contributed by atoms with van der Waals surface area (Å²) < 4.78 is 0. The number of hydrogen-bond donors (Lipinski definition) is 0. The number of rotatable bonds is 7. The first-order chi connectivity index (χ1) is 55.7. The number of hydrogen-bond acceptors (Lipinski definition) is 9. The van der Waals surface area contributed by atoms with Crippen molar-refractivity contribution < 1.29 is 60.3 Å². The van der Waals surface area contributed by atoms with E-state index in [4.69, 9.17) is 9.97 Å². The van der Waals surface area contributed by atoms with Gasteiger partial charge >= 0.3 is 0 Å². The summed E-state index contributed by atoms with van der Waals surface area (Å²) in [5, 5.41) is 17.6. The fraction of sp³-hybridized carbons (Fsp3) is 0.0481. The van der Waals surface area contributed by atoms with E-state index in [0.717, 1.165) is 111 Å². The zero-order chi connectivity index (χ0) is 76.7. The Labute approximate surface area is 715 Å². The van der Waals surface area contributed by atoms with E-state index in [1.807, 2.05) is 195 Å². The van der Waals surface area contributed by atoms with Crippen LogP contribution < -0.4 is 0 Å². The largest absolute Gasteiger partial charge is 0.305 e. The monoisotopic (exact) mass is 2030 g/mol. The predicted octanol–water partition coefficient (Wildman–Crippen LogP) is 25.6. The smallest absolute Gasteiger partial charge is 0.0756 e. The Bertz CT molecular complexity index is 6720. The number of nitrogens with zero attached hydrogens (tertiary/aromatic N) is 9. The molecule has 3 radical (unpaired) electrons. The van der Waals surface area contributed by atoms with Crippen LogP contribution in [-0.4, -0.2) is 44.9 Å². The van der Waals surface area contributed by atoms with Crippen LogP contribution in [-0.2, 0) is 60.3 Å². The van der Waals surface area contributed by atoms with Crippen LogP contribution in [0, 0.1) is 50.2 Å². The van der Waals surface area contributed by atoms with Crippen molar-refractivity contribution >= 4 is 97.3 Å². The molecule has 567 valence electrons. The van der Waals surface area contributed by atoms with Gasteiger partial charge in [-0.3, -0.25) is 29.9 Å². The zero-order valence-corrected chi connectivity index (χ0v) is 70.9. The van der Waals surface area contributed by atoms with Crippen molar-refractivity contribution in [3.8, 4) is 67.9 Å². The Hall–Kier alpha value is -12.7. The molecule has 21 rings (SSSR count). The molecule has 0 N–H and O–H groups in total. The molecular formula is C104H73Ir3N9-6. The van der Waals surface area contributed by atoms with Crippen molar-refractivity contribution in [2.24, 2.45) is 0 Å². The van der Waals surface area contributed by atoms with Gasteiger partial charge in [-0.15, -0.1) is 201 Å². The molecule has 0 aliphatic rings. The van der Waals surface area contributed by atoms with E-state index in [-0.39, 0.29) is 60.3 Å². The maximum Gasteiger partial charge on any atom is 0.0756 e. The quantitative estimate of drug-likeness (QED) is 0.114. The number of aromatic nitrogens is 9. The van der Waals surface area contributed by atoms with Crippen LogP contribution in [0.1, 0.15) is 36.5 Å². The molecule has 116 heavy (non-hydrogen) atoms. The fourth-order valence-electron chi connectivity index (χ4n) is 13.7. The number of pyridine rings is 3. The zero-order valence-electron chi connectivity index (χ0n) is 63.7. The third kappa shape index (κ3) is 19.4. The van der Waals surface area contributed by atoms with Crippen LogP contribution in [0.15, 0.2) is 365 Å². The summed E-state index contributed by atoms with van der Waals surface area (Å²) in [7, 11) is 0. The third-order valence-electron chi connectivity index (χ3n) is 19.4. The first-order valence-electron chi connectivity index (χ1n) is 37.5. The third-order valence-corrected chi connectivity index (χ3v) is 19.4. The maximum absolute atomic E-state index is 4.73. The van der Waals surface area contributed by atoms with Gasteiger partial charge in [-0.25, -0.2) is 0 Å². The summed E-state index contributed by atoms with van der Waals surface area (Å²) in [6.07, 6.45) is 11.3. The molecular weight excluding hydrogens is 1950 g/mol. The van der Waals surface area contributed by atoms with Gasteiger partial charge < -0.3 is 15.0 Å². The molecule has 0 atom stereocenters. The molecule has 0 saturated heterocycles. The normalized spacial score (nSPS) is 10.6. The molecule has 6 aromatic heterocycles. The van der Waals surface area contributed by atoms with Crippen LogP contribution in [0.2, 0.25) is 0 Å². The second kappa shape index (κ2) is 38.9. The number of benzene rings is 15. The molecule has 0 amide bonds. The molecule has 6 heterocycles. The van der Waals surface area contributed by atoms with Crippen LogP contribution >= 0.6 is 0 Å². The van der Waals surface area contributed by atoms with Crippen molar-refractivity contribution in [1.29, 1.82) is 0 Å². The van der Waals surface area contributed by atoms with Crippen molar-refractivity contribution in [2.45, 2.75) is 33.6 Å². The maximum atomic E-state index is 4.73. The van der Waals surface area contributed by atoms with E-state index in [2.05, 4.69) is 263 Å². The van der Waals surface area contributed by atoms with Gasteiger partial charge in [0.25, 0.3) is 0 Å². The van der Waals surface area contributed by atoms with Gasteiger partial charge in [0.15, 0.2) is 0 Å². The molecule has 0 aliphatic carbocycles. The van der Waals surface area contributed by atoms with Gasteiger partial charge in [0.2, 0.25) is 0 Å². The Morgan fingerprint density at radius 2 is 0.750 bits per heavy atom. The molecule has 0 aliphatic heterocycles. The van der Waals surface area contributed by atoms with E-state index < -0.39 is 0 Å². The minimum atomic E-state index is 0. The molecule has 0 fully saturated rings. The molecule has 0 unspecified atom stereocenters. The van der Waals surface area contributed by atoms with E-state index >= 15 is 0 Å². The summed E-state index contributed by atoms with van der Waals surface area (Å²) in [5.74, 6) is 2.66. The van der Waals surface area contributed by atoms with E-state index in [9.17, 15) is 0 Å². The Morgan fingerprint density at radius 3 is 1.32 bits per heavy atom. The second-order valence-corrected chi connectivity index (χ2v) is 27.5. The molecule has 12 heteroatoms. The van der Waals surface area contributed by atoms with Crippen LogP contribution in [0.4, 0.5) is 0 Å². The van der Waals surface area contributed by atoms with E-state index in [1.54, 1.807) is 6.20 Å². The van der Waals surface area contributed by atoms with Crippen molar-refractivity contribution in [3.05, 3.63) is 418 Å². The summed E-state index contributed by atoms with van der Waals surface area (Å²) in [5.41, 5.74) is 15.6. The topological polar surface area (TPSA) is 116 Å². The van der Waals surface area contributed by atoms with E-state index in [1.165, 1.54) is 65.0 Å². The van der Waals surface area contributed by atoms with Crippen molar-refractivity contribution in [3.63, 3.8) is 0 Å². The van der Waals surface area contributed by atoms with Crippen LogP contribution in [0.5, 0.6) is 0 Å². The van der Waals surface area contributed by atoms with E-state index in [0.29, 0.717) is 11.7 Å². The molecule has 21 aromatic rings. The summed E-state index contributed by atoms with van der Waals surface area (Å²) in [4.78, 5) is 40.8. The number of fused-ring (bicyclic) bond motifs is 12. The average molecular weight is 2030 g/mol. The SMILES string of the molecule is CC(C)c1ccnc(-c2[c-]ccc3ccccc23)c1.Cc1[c-]c(-c2cc3ccccc3cn2)cc(C)c1.[Ir].[Ir].[Ir].[c-]1cc2ccccc2cc1-c1ccccn1.[c-]1ccccc1-c1ncc2c(ccc3ccccc32)n1.[c-]1ccccc1-c1ncc2ccc3ccccc3c2n1.[c-]1ccccc1-c1ncc2ccc3ccccc3c2n1. The minimum Gasteiger partial charge on any atom is -0.305 e. The fourth-order valence-corrected chi connectivity index (χ4v) is 13.7. The summed E-state index contributed by atoms with van der Waals surface area (Å²) >= 11 is 0. The van der Waals surface area contributed by atoms with Gasteiger partial charge in [0.05, 0.1) is 34.0 Å². The number of aryl methyl sites for hydroxylation is 2. The van der Waals surface area contributed by atoms with Gasteiger partial charge in [-0.1, -0.05) is 244 Å². The van der Waals surface area contributed by atoms with Crippen molar-refractivity contribution in [1.82, 2.24) is 44.9 Å². The minimum absolute atomic E-state index is 0. The summed E-state index contributed by atoms with van der Waals surface area (Å²) in [6, 6.07) is 130.